The van der Waals surface area contributed by atoms with E-state index in [-0.39, 0.29) is 12.0 Å². The average molecular weight is 201 g/mol. The molecule has 0 radical (unpaired) electrons. The van der Waals surface area contributed by atoms with Crippen molar-refractivity contribution in [2.45, 2.75) is 45.1 Å². The molecule has 1 heterocycles. The minimum atomic E-state index is -0.0546. The van der Waals surface area contributed by atoms with Crippen LogP contribution in [-0.4, -0.2) is 25.2 Å². The van der Waals surface area contributed by atoms with E-state index in [0.717, 1.165) is 25.9 Å². The molecular formula is C10H19NO3. The Morgan fingerprint density at radius 2 is 2.43 bits per heavy atom. The molecule has 1 saturated heterocycles. The molecule has 4 heteroatoms. The highest BCUT2D eigenvalue weighted by molar-refractivity contribution is 5.74. The van der Waals surface area contributed by atoms with E-state index in [0.29, 0.717) is 13.0 Å². The maximum atomic E-state index is 11.2. The molecule has 14 heavy (non-hydrogen) atoms. The van der Waals surface area contributed by atoms with Crippen molar-refractivity contribution >= 4 is 5.91 Å². The van der Waals surface area contributed by atoms with E-state index >= 15 is 0 Å². The van der Waals surface area contributed by atoms with Gasteiger partial charge in [-0.1, -0.05) is 0 Å². The Labute approximate surface area is 84.9 Å². The van der Waals surface area contributed by atoms with Crippen molar-refractivity contribution in [2.24, 2.45) is 0 Å². The van der Waals surface area contributed by atoms with Crippen molar-refractivity contribution in [3.63, 3.8) is 0 Å². The van der Waals surface area contributed by atoms with Crippen LogP contribution in [0.3, 0.4) is 0 Å². The fourth-order valence-electron chi connectivity index (χ4n) is 1.53. The molecule has 1 unspecified atom stereocenters. The fourth-order valence-corrected chi connectivity index (χ4v) is 1.53. The summed E-state index contributed by atoms with van der Waals surface area (Å²) in [4.78, 5) is 15.9. The molecule has 1 atom stereocenters. The van der Waals surface area contributed by atoms with Gasteiger partial charge in [0.2, 0.25) is 5.91 Å². The summed E-state index contributed by atoms with van der Waals surface area (Å²) < 4.78 is 5.51. The molecule has 0 saturated carbocycles. The maximum absolute atomic E-state index is 11.2. The fraction of sp³-hybridized carbons (Fsp3) is 0.900. The van der Waals surface area contributed by atoms with Crippen LogP contribution in [0.25, 0.3) is 0 Å². The number of amides is 1. The molecule has 82 valence electrons. The molecule has 0 bridgehead atoms. The SMILES string of the molecule is CCONC(=O)CCC1CCCCO1. The van der Waals surface area contributed by atoms with E-state index < -0.39 is 0 Å². The Bertz CT molecular complexity index is 167. The summed E-state index contributed by atoms with van der Waals surface area (Å²) in [5.41, 5.74) is 2.38. The highest BCUT2D eigenvalue weighted by Gasteiger charge is 2.14. The van der Waals surface area contributed by atoms with Gasteiger partial charge in [-0.2, -0.15) is 0 Å². The molecule has 1 rings (SSSR count). The number of nitrogens with one attached hydrogen (secondary N) is 1. The number of rotatable bonds is 5. The second-order valence-corrected chi connectivity index (χ2v) is 3.49. The van der Waals surface area contributed by atoms with Crippen LogP contribution in [0, 0.1) is 0 Å². The lowest BCUT2D eigenvalue weighted by atomic mass is 10.0. The van der Waals surface area contributed by atoms with E-state index in [9.17, 15) is 4.79 Å². The quantitative estimate of drug-likeness (QED) is 0.684. The molecule has 1 aliphatic rings. The smallest absolute Gasteiger partial charge is 0.243 e. The number of hydroxylamine groups is 1. The maximum Gasteiger partial charge on any atom is 0.243 e. The van der Waals surface area contributed by atoms with Gasteiger partial charge in [-0.25, -0.2) is 5.48 Å². The van der Waals surface area contributed by atoms with Crippen LogP contribution in [0.4, 0.5) is 0 Å². The Hall–Kier alpha value is -0.610. The summed E-state index contributed by atoms with van der Waals surface area (Å²) in [6.07, 6.45) is 5.03. The van der Waals surface area contributed by atoms with Crippen molar-refractivity contribution < 1.29 is 14.4 Å². The first-order valence-electron chi connectivity index (χ1n) is 5.35. The third-order valence-electron chi connectivity index (χ3n) is 2.30. The molecule has 4 nitrogen and oxygen atoms in total. The molecule has 0 aliphatic carbocycles. The van der Waals surface area contributed by atoms with Crippen LogP contribution in [0.1, 0.15) is 39.0 Å². The largest absolute Gasteiger partial charge is 0.378 e. The molecule has 0 spiro atoms. The molecule has 0 aromatic heterocycles. The summed E-state index contributed by atoms with van der Waals surface area (Å²) in [5, 5.41) is 0. The molecule has 1 N–H and O–H groups in total. The lowest BCUT2D eigenvalue weighted by molar-refractivity contribution is -0.134. The van der Waals surface area contributed by atoms with E-state index in [1.54, 1.807) is 0 Å². The average Bonchev–Trinajstić information content (AvgIpc) is 2.25. The summed E-state index contributed by atoms with van der Waals surface area (Å²) in [7, 11) is 0. The Morgan fingerprint density at radius 1 is 1.57 bits per heavy atom. The lowest BCUT2D eigenvalue weighted by Gasteiger charge is -2.22. The molecule has 1 fully saturated rings. The Morgan fingerprint density at radius 3 is 3.07 bits per heavy atom. The van der Waals surface area contributed by atoms with Gasteiger partial charge in [0.25, 0.3) is 0 Å². The summed E-state index contributed by atoms with van der Waals surface area (Å²) >= 11 is 0. The minimum Gasteiger partial charge on any atom is -0.378 e. The number of ether oxygens (including phenoxy) is 1. The summed E-state index contributed by atoms with van der Waals surface area (Å²) in [6.45, 7) is 3.19. The molecule has 1 amide bonds. The van der Waals surface area contributed by atoms with Gasteiger partial charge in [0.1, 0.15) is 0 Å². The van der Waals surface area contributed by atoms with Crippen molar-refractivity contribution in [3.8, 4) is 0 Å². The first-order chi connectivity index (χ1) is 6.83. The van der Waals surface area contributed by atoms with Gasteiger partial charge in [-0.15, -0.1) is 0 Å². The highest BCUT2D eigenvalue weighted by atomic mass is 16.6. The van der Waals surface area contributed by atoms with Crippen molar-refractivity contribution in [1.82, 2.24) is 5.48 Å². The predicted octanol–water partition coefficient (Wildman–Crippen LogP) is 1.40. The molecular weight excluding hydrogens is 182 g/mol. The summed E-state index contributed by atoms with van der Waals surface area (Å²) in [6, 6.07) is 0. The topological polar surface area (TPSA) is 47.6 Å². The first kappa shape index (κ1) is 11.5. The third-order valence-corrected chi connectivity index (χ3v) is 2.30. The molecule has 1 aliphatic heterocycles. The number of carbonyl (C=O) groups excluding carboxylic acids is 1. The van der Waals surface area contributed by atoms with Gasteiger partial charge < -0.3 is 4.74 Å². The van der Waals surface area contributed by atoms with Crippen LogP contribution in [0.5, 0.6) is 0 Å². The Balaban J connectivity index is 2.03. The second kappa shape index (κ2) is 6.79. The zero-order chi connectivity index (χ0) is 10.2. The van der Waals surface area contributed by atoms with Gasteiger partial charge in [-0.3, -0.25) is 9.63 Å². The highest BCUT2D eigenvalue weighted by Crippen LogP contribution is 2.16. The van der Waals surface area contributed by atoms with Crippen LogP contribution >= 0.6 is 0 Å². The zero-order valence-corrected chi connectivity index (χ0v) is 8.75. The Kier molecular flexibility index (Phi) is 5.56. The van der Waals surface area contributed by atoms with Gasteiger partial charge in [-0.05, 0) is 32.6 Å². The number of hydrogen-bond donors (Lipinski definition) is 1. The summed E-state index contributed by atoms with van der Waals surface area (Å²) in [5.74, 6) is -0.0546. The predicted molar refractivity (Wildman–Crippen MR) is 52.6 cm³/mol. The van der Waals surface area contributed by atoms with Gasteiger partial charge in [0.15, 0.2) is 0 Å². The van der Waals surface area contributed by atoms with Gasteiger partial charge >= 0.3 is 0 Å². The standard InChI is InChI=1S/C10H19NO3/c1-2-14-11-10(12)7-6-9-5-3-4-8-13-9/h9H,2-8H2,1H3,(H,11,12). The lowest BCUT2D eigenvalue weighted by Crippen LogP contribution is -2.26. The first-order valence-corrected chi connectivity index (χ1v) is 5.35. The molecule has 0 aromatic rings. The van der Waals surface area contributed by atoms with Crippen LogP contribution < -0.4 is 5.48 Å². The van der Waals surface area contributed by atoms with Crippen molar-refractivity contribution in [1.29, 1.82) is 0 Å². The van der Waals surface area contributed by atoms with Crippen LogP contribution in [-0.2, 0) is 14.4 Å². The van der Waals surface area contributed by atoms with E-state index in [1.807, 2.05) is 6.92 Å². The monoisotopic (exact) mass is 201 g/mol. The minimum absolute atomic E-state index is 0.0546. The van der Waals surface area contributed by atoms with Crippen LogP contribution in [0.15, 0.2) is 0 Å². The van der Waals surface area contributed by atoms with Gasteiger partial charge in [0.05, 0.1) is 12.7 Å². The van der Waals surface area contributed by atoms with Gasteiger partial charge in [0, 0.05) is 13.0 Å². The van der Waals surface area contributed by atoms with E-state index in [1.165, 1.54) is 6.42 Å². The molecule has 0 aromatic carbocycles. The van der Waals surface area contributed by atoms with Crippen molar-refractivity contribution in [2.75, 3.05) is 13.2 Å². The zero-order valence-electron chi connectivity index (χ0n) is 8.75. The third kappa shape index (κ3) is 4.58. The number of carbonyl (C=O) groups is 1. The van der Waals surface area contributed by atoms with Crippen molar-refractivity contribution in [3.05, 3.63) is 0 Å². The van der Waals surface area contributed by atoms with Crippen LogP contribution in [0.2, 0.25) is 0 Å². The van der Waals surface area contributed by atoms with E-state index in [2.05, 4.69) is 5.48 Å². The normalized spacial score (nSPS) is 21.9. The number of hydrogen-bond acceptors (Lipinski definition) is 3. The van der Waals surface area contributed by atoms with E-state index in [4.69, 9.17) is 9.57 Å². The second-order valence-electron chi connectivity index (χ2n) is 3.49.